The Morgan fingerprint density at radius 1 is 0.889 bits per heavy atom. The number of carbonyl (C=O) groups is 1. The van der Waals surface area contributed by atoms with Crippen molar-refractivity contribution in [2.75, 3.05) is 13.1 Å². The molecule has 1 aliphatic carbocycles. The smallest absolute Gasteiger partial charge is 0.258 e. The van der Waals surface area contributed by atoms with Crippen LogP contribution in [0.3, 0.4) is 0 Å². The molecule has 142 valence electrons. The van der Waals surface area contributed by atoms with Gasteiger partial charge in [0, 0.05) is 18.6 Å². The van der Waals surface area contributed by atoms with E-state index in [4.69, 9.17) is 4.74 Å². The fourth-order valence-corrected chi connectivity index (χ4v) is 4.35. The number of nitrogens with one attached hydrogen (secondary N) is 1. The molecule has 1 N–H and O–H groups in total. The van der Waals surface area contributed by atoms with Crippen LogP contribution in [-0.4, -0.2) is 36.0 Å². The van der Waals surface area contributed by atoms with Gasteiger partial charge in [-0.15, -0.1) is 0 Å². The molecule has 4 rings (SSSR count). The van der Waals surface area contributed by atoms with E-state index in [-0.39, 0.29) is 11.9 Å². The molecule has 1 atom stereocenters. The standard InChI is InChI=1S/C23H28N2O2/c26-23(25(19-15-16-24-17-19)18-9-3-1-4-10-18)21-13-7-8-14-22(21)27-20-11-5-2-6-12-20/h2,5-8,11-14,18-19,24H,1,3-4,9-10,15-17H2/t19-/m0/s1. The summed E-state index contributed by atoms with van der Waals surface area (Å²) in [5.41, 5.74) is 0.666. The van der Waals surface area contributed by atoms with Crippen LogP contribution in [0, 0.1) is 0 Å². The quantitative estimate of drug-likeness (QED) is 0.842. The van der Waals surface area contributed by atoms with Crippen LogP contribution >= 0.6 is 0 Å². The summed E-state index contributed by atoms with van der Waals surface area (Å²) < 4.78 is 6.07. The van der Waals surface area contributed by atoms with Crippen LogP contribution in [0.2, 0.25) is 0 Å². The van der Waals surface area contributed by atoms with E-state index in [1.165, 1.54) is 19.3 Å². The molecule has 0 bridgehead atoms. The zero-order valence-corrected chi connectivity index (χ0v) is 15.8. The summed E-state index contributed by atoms with van der Waals surface area (Å²) >= 11 is 0. The number of nitrogens with zero attached hydrogens (tertiary/aromatic N) is 1. The third-order valence-corrected chi connectivity index (χ3v) is 5.72. The lowest BCUT2D eigenvalue weighted by Crippen LogP contribution is -2.49. The Bertz CT molecular complexity index is 750. The summed E-state index contributed by atoms with van der Waals surface area (Å²) in [6.45, 7) is 1.88. The molecule has 27 heavy (non-hydrogen) atoms. The van der Waals surface area contributed by atoms with Gasteiger partial charge in [-0.1, -0.05) is 49.6 Å². The number of carbonyl (C=O) groups excluding carboxylic acids is 1. The van der Waals surface area contributed by atoms with E-state index in [0.29, 0.717) is 17.4 Å². The maximum Gasteiger partial charge on any atom is 0.258 e. The number of ether oxygens (including phenoxy) is 1. The molecule has 0 radical (unpaired) electrons. The van der Waals surface area contributed by atoms with Crippen LogP contribution in [0.4, 0.5) is 0 Å². The van der Waals surface area contributed by atoms with Gasteiger partial charge in [-0.25, -0.2) is 0 Å². The summed E-state index contributed by atoms with van der Waals surface area (Å²) in [6, 6.07) is 18.0. The summed E-state index contributed by atoms with van der Waals surface area (Å²) in [5, 5.41) is 3.43. The second-order valence-electron chi connectivity index (χ2n) is 7.56. The Hall–Kier alpha value is -2.33. The number of para-hydroxylation sites is 2. The minimum atomic E-state index is 0.113. The highest BCUT2D eigenvalue weighted by Crippen LogP contribution is 2.31. The highest BCUT2D eigenvalue weighted by molar-refractivity contribution is 5.97. The third kappa shape index (κ3) is 4.16. The summed E-state index contributed by atoms with van der Waals surface area (Å²) in [7, 11) is 0. The molecule has 1 amide bonds. The summed E-state index contributed by atoms with van der Waals surface area (Å²) in [6.07, 6.45) is 6.99. The van der Waals surface area contributed by atoms with Crippen LogP contribution in [0.15, 0.2) is 54.6 Å². The van der Waals surface area contributed by atoms with Gasteiger partial charge >= 0.3 is 0 Å². The molecular weight excluding hydrogens is 336 g/mol. The highest BCUT2D eigenvalue weighted by Gasteiger charge is 2.34. The Balaban J connectivity index is 1.62. The molecular formula is C23H28N2O2. The first-order chi connectivity index (χ1) is 13.3. The normalized spacial score (nSPS) is 20.4. The van der Waals surface area contributed by atoms with E-state index in [0.717, 1.165) is 38.1 Å². The van der Waals surface area contributed by atoms with Crippen molar-refractivity contribution in [3.8, 4) is 11.5 Å². The van der Waals surface area contributed by atoms with E-state index < -0.39 is 0 Å². The fraction of sp³-hybridized carbons (Fsp3) is 0.435. The van der Waals surface area contributed by atoms with Crippen molar-refractivity contribution in [2.24, 2.45) is 0 Å². The van der Waals surface area contributed by atoms with Crippen molar-refractivity contribution < 1.29 is 9.53 Å². The van der Waals surface area contributed by atoms with E-state index >= 15 is 0 Å². The molecule has 1 saturated heterocycles. The van der Waals surface area contributed by atoms with Gasteiger partial charge in [-0.3, -0.25) is 4.79 Å². The zero-order chi connectivity index (χ0) is 18.5. The van der Waals surface area contributed by atoms with Crippen LogP contribution < -0.4 is 10.1 Å². The molecule has 0 spiro atoms. The largest absolute Gasteiger partial charge is 0.457 e. The average molecular weight is 364 g/mol. The topological polar surface area (TPSA) is 41.6 Å². The molecule has 2 aromatic carbocycles. The molecule has 1 heterocycles. The molecule has 1 saturated carbocycles. The minimum Gasteiger partial charge on any atom is -0.457 e. The Labute approximate surface area is 161 Å². The molecule has 0 aromatic heterocycles. The van der Waals surface area contributed by atoms with Gasteiger partial charge in [-0.2, -0.15) is 0 Å². The lowest BCUT2D eigenvalue weighted by Gasteiger charge is -2.38. The van der Waals surface area contributed by atoms with E-state index in [9.17, 15) is 4.79 Å². The van der Waals surface area contributed by atoms with Crippen molar-refractivity contribution in [1.82, 2.24) is 10.2 Å². The maximum atomic E-state index is 13.7. The lowest BCUT2D eigenvalue weighted by atomic mass is 9.92. The third-order valence-electron chi connectivity index (χ3n) is 5.72. The van der Waals surface area contributed by atoms with Gasteiger partial charge in [-0.05, 0) is 50.1 Å². The van der Waals surface area contributed by atoms with Crippen LogP contribution in [0.25, 0.3) is 0 Å². The molecule has 0 unspecified atom stereocenters. The highest BCUT2D eigenvalue weighted by atomic mass is 16.5. The number of benzene rings is 2. The van der Waals surface area contributed by atoms with Gasteiger partial charge in [0.25, 0.3) is 5.91 Å². The van der Waals surface area contributed by atoms with Gasteiger partial charge < -0.3 is 15.0 Å². The first kappa shape index (κ1) is 18.1. The Kier molecular flexibility index (Phi) is 5.73. The number of amides is 1. The van der Waals surface area contributed by atoms with Crippen molar-refractivity contribution in [2.45, 2.75) is 50.6 Å². The first-order valence-electron chi connectivity index (χ1n) is 10.2. The van der Waals surface area contributed by atoms with Crippen LogP contribution in [0.1, 0.15) is 48.9 Å². The molecule has 1 aliphatic heterocycles. The van der Waals surface area contributed by atoms with Crippen LogP contribution in [-0.2, 0) is 0 Å². The lowest BCUT2D eigenvalue weighted by molar-refractivity contribution is 0.0532. The predicted octanol–water partition coefficient (Wildman–Crippen LogP) is 4.62. The van der Waals surface area contributed by atoms with Gasteiger partial charge in [0.05, 0.1) is 5.56 Å². The second-order valence-corrected chi connectivity index (χ2v) is 7.56. The predicted molar refractivity (Wildman–Crippen MR) is 107 cm³/mol. The monoisotopic (exact) mass is 364 g/mol. The van der Waals surface area contributed by atoms with E-state index in [1.807, 2.05) is 54.6 Å². The zero-order valence-electron chi connectivity index (χ0n) is 15.8. The van der Waals surface area contributed by atoms with E-state index in [1.54, 1.807) is 0 Å². The molecule has 2 aromatic rings. The van der Waals surface area contributed by atoms with Crippen molar-refractivity contribution in [1.29, 1.82) is 0 Å². The molecule has 4 nitrogen and oxygen atoms in total. The van der Waals surface area contributed by atoms with Crippen molar-refractivity contribution >= 4 is 5.91 Å². The number of hydrogen-bond acceptors (Lipinski definition) is 3. The summed E-state index contributed by atoms with van der Waals surface area (Å²) in [5.74, 6) is 1.51. The molecule has 4 heteroatoms. The summed E-state index contributed by atoms with van der Waals surface area (Å²) in [4.78, 5) is 15.8. The Morgan fingerprint density at radius 3 is 2.37 bits per heavy atom. The maximum absolute atomic E-state index is 13.7. The minimum absolute atomic E-state index is 0.113. The average Bonchev–Trinajstić information content (AvgIpc) is 3.24. The van der Waals surface area contributed by atoms with Crippen molar-refractivity contribution in [3.63, 3.8) is 0 Å². The van der Waals surface area contributed by atoms with Gasteiger partial charge in [0.15, 0.2) is 0 Å². The Morgan fingerprint density at radius 2 is 1.63 bits per heavy atom. The van der Waals surface area contributed by atoms with Gasteiger partial charge in [0.2, 0.25) is 0 Å². The number of rotatable bonds is 5. The number of hydrogen-bond donors (Lipinski definition) is 1. The second kappa shape index (κ2) is 8.57. The fourth-order valence-electron chi connectivity index (χ4n) is 4.35. The first-order valence-corrected chi connectivity index (χ1v) is 10.2. The van der Waals surface area contributed by atoms with E-state index in [2.05, 4.69) is 10.2 Å². The molecule has 2 fully saturated rings. The molecule has 2 aliphatic rings. The SMILES string of the molecule is O=C(c1ccccc1Oc1ccccc1)N(C1CCCCC1)[C@H]1CCNC1. The van der Waals surface area contributed by atoms with Gasteiger partial charge in [0.1, 0.15) is 11.5 Å². The van der Waals surface area contributed by atoms with Crippen LogP contribution in [0.5, 0.6) is 11.5 Å². The van der Waals surface area contributed by atoms with Crippen molar-refractivity contribution in [3.05, 3.63) is 60.2 Å².